The zero-order valence-corrected chi connectivity index (χ0v) is 10.3. The average Bonchev–Trinajstić information content (AvgIpc) is 2.25. The van der Waals surface area contributed by atoms with Crippen LogP contribution in [0, 0.1) is 11.8 Å². The van der Waals surface area contributed by atoms with Crippen molar-refractivity contribution in [3.05, 3.63) is 12.7 Å². The van der Waals surface area contributed by atoms with E-state index in [9.17, 15) is 9.59 Å². The van der Waals surface area contributed by atoms with Crippen LogP contribution in [-0.4, -0.2) is 24.6 Å². The molecule has 0 radical (unpaired) electrons. The predicted molar refractivity (Wildman–Crippen MR) is 64.0 cm³/mol. The fraction of sp³-hybridized carbons (Fsp3) is 0.538. The van der Waals surface area contributed by atoms with Crippen LogP contribution in [0.15, 0.2) is 12.7 Å². The number of hydrogen-bond donors (Lipinski definition) is 0. The molecule has 0 fully saturated rings. The first-order valence-electron chi connectivity index (χ1n) is 5.56. The quantitative estimate of drug-likeness (QED) is 0.233. The van der Waals surface area contributed by atoms with Crippen LogP contribution in [0.2, 0.25) is 0 Å². The van der Waals surface area contributed by atoms with Gasteiger partial charge in [0.1, 0.15) is 0 Å². The van der Waals surface area contributed by atoms with Gasteiger partial charge in [0.2, 0.25) is 0 Å². The Morgan fingerprint density at radius 1 is 1.47 bits per heavy atom. The highest BCUT2D eigenvalue weighted by molar-refractivity contribution is 5.88. The summed E-state index contributed by atoms with van der Waals surface area (Å²) in [5, 5.41) is 0. The Hall–Kier alpha value is -1.76. The molecule has 0 amide bonds. The number of hydrogen-bond acceptors (Lipinski definition) is 4. The van der Waals surface area contributed by atoms with Gasteiger partial charge in [-0.3, -0.25) is 4.79 Å². The Labute approximate surface area is 102 Å². The summed E-state index contributed by atoms with van der Waals surface area (Å²) >= 11 is 0. The number of unbranched alkanes of at least 4 members (excludes halogenated alkanes) is 1. The number of rotatable bonds is 6. The lowest BCUT2D eigenvalue weighted by molar-refractivity contribution is -0.144. The second kappa shape index (κ2) is 9.46. The maximum absolute atomic E-state index is 11.0. The number of carbonyl (C=O) groups is 2. The van der Waals surface area contributed by atoms with E-state index in [0.717, 1.165) is 12.8 Å². The van der Waals surface area contributed by atoms with Crippen molar-refractivity contribution in [3.8, 4) is 11.8 Å². The minimum atomic E-state index is -0.603. The molecule has 0 heterocycles. The van der Waals surface area contributed by atoms with Gasteiger partial charge in [-0.25, -0.2) is 4.79 Å². The summed E-state index contributed by atoms with van der Waals surface area (Å²) in [5.74, 6) is 3.88. The summed E-state index contributed by atoms with van der Waals surface area (Å²) in [4.78, 5) is 21.8. The number of ether oxygens (including phenoxy) is 2. The zero-order valence-electron chi connectivity index (χ0n) is 10.3. The van der Waals surface area contributed by atoms with Crippen molar-refractivity contribution in [3.63, 3.8) is 0 Å². The maximum atomic E-state index is 11.0. The van der Waals surface area contributed by atoms with E-state index in [1.54, 1.807) is 13.0 Å². The predicted octanol–water partition coefficient (Wildman–Crippen LogP) is 1.84. The first-order chi connectivity index (χ1) is 8.10. The molecule has 0 saturated carbocycles. The van der Waals surface area contributed by atoms with Crippen molar-refractivity contribution >= 4 is 11.9 Å². The Morgan fingerprint density at radius 2 is 2.18 bits per heavy atom. The standard InChI is InChI=1S/C13H18O4/c1-4-6-7-8-12(17-11(3)14)9-10-13(15)16-5-2/h4,12H,1,5-8H2,2-3H3/t12-/m0/s1. The molecular weight excluding hydrogens is 220 g/mol. The third-order valence-electron chi connectivity index (χ3n) is 1.79. The van der Waals surface area contributed by atoms with Gasteiger partial charge in [-0.15, -0.1) is 6.58 Å². The second-order valence-corrected chi connectivity index (χ2v) is 3.31. The molecule has 0 unspecified atom stereocenters. The Bertz CT molecular complexity index is 322. The van der Waals surface area contributed by atoms with E-state index in [-0.39, 0.29) is 6.61 Å². The molecule has 94 valence electrons. The van der Waals surface area contributed by atoms with Crippen LogP contribution in [0.3, 0.4) is 0 Å². The van der Waals surface area contributed by atoms with Gasteiger partial charge < -0.3 is 9.47 Å². The molecule has 0 aliphatic heterocycles. The highest BCUT2D eigenvalue weighted by Gasteiger charge is 2.08. The molecule has 17 heavy (non-hydrogen) atoms. The first kappa shape index (κ1) is 15.2. The van der Waals surface area contributed by atoms with Crippen LogP contribution < -0.4 is 0 Å². The number of allylic oxidation sites excluding steroid dienone is 1. The summed E-state index contributed by atoms with van der Waals surface area (Å²) in [5.41, 5.74) is 0. The monoisotopic (exact) mass is 238 g/mol. The van der Waals surface area contributed by atoms with Crippen molar-refractivity contribution < 1.29 is 19.1 Å². The van der Waals surface area contributed by atoms with Gasteiger partial charge in [0.05, 0.1) is 6.61 Å². The Kier molecular flexibility index (Phi) is 8.48. The first-order valence-corrected chi connectivity index (χ1v) is 5.56. The van der Waals surface area contributed by atoms with Crippen molar-refractivity contribution in [1.29, 1.82) is 0 Å². The van der Waals surface area contributed by atoms with Crippen molar-refractivity contribution in [2.45, 2.75) is 39.2 Å². The molecule has 0 aliphatic rings. The highest BCUT2D eigenvalue weighted by atomic mass is 16.5. The molecule has 4 heteroatoms. The molecule has 0 bridgehead atoms. The molecule has 0 aliphatic carbocycles. The molecule has 0 aromatic rings. The minimum absolute atomic E-state index is 0.280. The summed E-state index contributed by atoms with van der Waals surface area (Å²) in [6.07, 6.45) is 3.43. The lowest BCUT2D eigenvalue weighted by atomic mass is 10.1. The van der Waals surface area contributed by atoms with Gasteiger partial charge in [-0.1, -0.05) is 6.08 Å². The van der Waals surface area contributed by atoms with E-state index < -0.39 is 18.0 Å². The topological polar surface area (TPSA) is 52.6 Å². The molecule has 0 N–H and O–H groups in total. The fourth-order valence-electron chi connectivity index (χ4n) is 1.12. The van der Waals surface area contributed by atoms with E-state index in [1.807, 2.05) is 0 Å². The molecular formula is C13H18O4. The van der Waals surface area contributed by atoms with E-state index >= 15 is 0 Å². The zero-order chi connectivity index (χ0) is 13.1. The van der Waals surface area contributed by atoms with E-state index in [1.165, 1.54) is 6.92 Å². The third kappa shape index (κ3) is 9.19. The largest absolute Gasteiger partial charge is 0.456 e. The van der Waals surface area contributed by atoms with Crippen LogP contribution in [0.4, 0.5) is 0 Å². The number of carbonyl (C=O) groups excluding carboxylic acids is 2. The van der Waals surface area contributed by atoms with Crippen molar-refractivity contribution in [1.82, 2.24) is 0 Å². The maximum Gasteiger partial charge on any atom is 0.384 e. The van der Waals surface area contributed by atoms with Crippen LogP contribution in [0.1, 0.15) is 33.1 Å². The smallest absolute Gasteiger partial charge is 0.384 e. The van der Waals surface area contributed by atoms with Gasteiger partial charge in [0, 0.05) is 12.8 Å². The van der Waals surface area contributed by atoms with Crippen LogP contribution in [0.25, 0.3) is 0 Å². The van der Waals surface area contributed by atoms with Gasteiger partial charge in [0.25, 0.3) is 0 Å². The van der Waals surface area contributed by atoms with Crippen LogP contribution in [0.5, 0.6) is 0 Å². The molecule has 4 nitrogen and oxygen atoms in total. The molecule has 0 rings (SSSR count). The molecule has 0 saturated heterocycles. The fourth-order valence-corrected chi connectivity index (χ4v) is 1.12. The minimum Gasteiger partial charge on any atom is -0.456 e. The Balaban J connectivity index is 4.30. The average molecular weight is 238 g/mol. The second-order valence-electron chi connectivity index (χ2n) is 3.31. The molecule has 0 aromatic heterocycles. The van der Waals surface area contributed by atoms with Gasteiger partial charge in [0.15, 0.2) is 6.10 Å². The Morgan fingerprint density at radius 3 is 2.71 bits per heavy atom. The highest BCUT2D eigenvalue weighted by Crippen LogP contribution is 2.05. The summed E-state index contributed by atoms with van der Waals surface area (Å²) in [6, 6.07) is 0. The summed E-state index contributed by atoms with van der Waals surface area (Å²) in [7, 11) is 0. The SMILES string of the molecule is C=CCCC[C@@H](C#CC(=O)OCC)OC(C)=O. The third-order valence-corrected chi connectivity index (χ3v) is 1.79. The van der Waals surface area contributed by atoms with E-state index in [0.29, 0.717) is 6.42 Å². The summed E-state index contributed by atoms with van der Waals surface area (Å²) in [6.45, 7) is 6.89. The molecule has 0 aromatic carbocycles. The normalized spacial score (nSPS) is 10.7. The molecule has 1 atom stereocenters. The number of esters is 2. The van der Waals surface area contributed by atoms with Gasteiger partial charge >= 0.3 is 11.9 Å². The molecule has 0 spiro atoms. The van der Waals surface area contributed by atoms with Crippen LogP contribution in [-0.2, 0) is 19.1 Å². The summed E-state index contributed by atoms with van der Waals surface area (Å²) < 4.78 is 9.62. The lowest BCUT2D eigenvalue weighted by Gasteiger charge is -2.09. The van der Waals surface area contributed by atoms with Crippen molar-refractivity contribution in [2.75, 3.05) is 6.61 Å². The van der Waals surface area contributed by atoms with E-state index in [2.05, 4.69) is 23.2 Å². The van der Waals surface area contributed by atoms with Crippen molar-refractivity contribution in [2.24, 2.45) is 0 Å². The van der Waals surface area contributed by atoms with Crippen LogP contribution >= 0.6 is 0 Å². The van der Waals surface area contributed by atoms with Gasteiger partial charge in [-0.05, 0) is 32.1 Å². The van der Waals surface area contributed by atoms with Gasteiger partial charge in [-0.2, -0.15) is 0 Å². The van der Waals surface area contributed by atoms with E-state index in [4.69, 9.17) is 4.74 Å². The lowest BCUT2D eigenvalue weighted by Crippen LogP contribution is -2.15.